The second kappa shape index (κ2) is 6.95. The van der Waals surface area contributed by atoms with E-state index in [4.69, 9.17) is 4.42 Å². The van der Waals surface area contributed by atoms with Crippen molar-refractivity contribution in [3.8, 4) is 0 Å². The number of benzene rings is 1. The molecule has 6 nitrogen and oxygen atoms in total. The van der Waals surface area contributed by atoms with Crippen LogP contribution in [0.4, 0.5) is 11.6 Å². The first kappa shape index (κ1) is 15.7. The standard InChI is InChI=1S/C18H18N4O2/c1-12-6-3-4-8-15(12)21-18-20-13(2)10-16(22-18)17(23)19-11-14-7-5-9-24-14/h3-10H,11H2,1-2H3,(H,19,23)(H,20,21,22). The van der Waals surface area contributed by atoms with E-state index in [0.29, 0.717) is 29.6 Å². The maximum absolute atomic E-state index is 12.3. The average Bonchev–Trinajstić information content (AvgIpc) is 3.08. The number of furan rings is 1. The number of para-hydroxylation sites is 1. The van der Waals surface area contributed by atoms with Gasteiger partial charge in [0.25, 0.3) is 5.91 Å². The molecule has 0 bridgehead atoms. The molecule has 1 amide bonds. The zero-order valence-electron chi connectivity index (χ0n) is 13.5. The van der Waals surface area contributed by atoms with Crippen LogP contribution in [0.25, 0.3) is 0 Å². The van der Waals surface area contributed by atoms with Gasteiger partial charge in [0.05, 0.1) is 12.8 Å². The normalized spacial score (nSPS) is 10.4. The molecule has 0 atom stereocenters. The molecule has 0 unspecified atom stereocenters. The molecule has 2 aromatic heterocycles. The molecule has 0 aliphatic carbocycles. The summed E-state index contributed by atoms with van der Waals surface area (Å²) < 4.78 is 5.20. The zero-order chi connectivity index (χ0) is 16.9. The Bertz CT molecular complexity index is 844. The highest BCUT2D eigenvalue weighted by Crippen LogP contribution is 2.18. The van der Waals surface area contributed by atoms with Crippen molar-refractivity contribution in [1.82, 2.24) is 15.3 Å². The lowest BCUT2D eigenvalue weighted by Gasteiger charge is -2.10. The van der Waals surface area contributed by atoms with Crippen LogP contribution in [0.1, 0.15) is 27.5 Å². The van der Waals surface area contributed by atoms with Crippen molar-refractivity contribution in [1.29, 1.82) is 0 Å². The number of aryl methyl sites for hydroxylation is 2. The van der Waals surface area contributed by atoms with Crippen molar-refractivity contribution >= 4 is 17.5 Å². The number of anilines is 2. The predicted octanol–water partition coefficient (Wildman–Crippen LogP) is 3.36. The van der Waals surface area contributed by atoms with Gasteiger partial charge >= 0.3 is 0 Å². The van der Waals surface area contributed by atoms with Gasteiger partial charge in [0.15, 0.2) is 0 Å². The van der Waals surface area contributed by atoms with E-state index in [0.717, 1.165) is 11.3 Å². The first-order chi connectivity index (χ1) is 11.6. The van der Waals surface area contributed by atoms with E-state index in [1.807, 2.05) is 38.1 Å². The summed E-state index contributed by atoms with van der Waals surface area (Å²) >= 11 is 0. The van der Waals surface area contributed by atoms with Gasteiger partial charge in [0, 0.05) is 11.4 Å². The molecule has 3 aromatic rings. The highest BCUT2D eigenvalue weighted by molar-refractivity contribution is 5.92. The maximum Gasteiger partial charge on any atom is 0.270 e. The van der Waals surface area contributed by atoms with Crippen LogP contribution >= 0.6 is 0 Å². The molecule has 1 aromatic carbocycles. The van der Waals surface area contributed by atoms with E-state index in [-0.39, 0.29) is 5.91 Å². The molecule has 24 heavy (non-hydrogen) atoms. The first-order valence-electron chi connectivity index (χ1n) is 7.61. The Hall–Kier alpha value is -3.15. The van der Waals surface area contributed by atoms with Crippen molar-refractivity contribution < 1.29 is 9.21 Å². The number of hydrogen-bond acceptors (Lipinski definition) is 5. The van der Waals surface area contributed by atoms with Gasteiger partial charge in [-0.05, 0) is 43.7 Å². The lowest BCUT2D eigenvalue weighted by Crippen LogP contribution is -2.24. The highest BCUT2D eigenvalue weighted by atomic mass is 16.3. The van der Waals surface area contributed by atoms with Gasteiger partial charge in [-0.25, -0.2) is 9.97 Å². The summed E-state index contributed by atoms with van der Waals surface area (Å²) in [7, 11) is 0. The van der Waals surface area contributed by atoms with Crippen LogP contribution in [-0.2, 0) is 6.54 Å². The van der Waals surface area contributed by atoms with Crippen molar-refractivity contribution in [2.24, 2.45) is 0 Å². The molecule has 0 aliphatic heterocycles. The minimum Gasteiger partial charge on any atom is -0.467 e. The number of rotatable bonds is 5. The molecule has 2 N–H and O–H groups in total. The fourth-order valence-corrected chi connectivity index (χ4v) is 2.25. The summed E-state index contributed by atoms with van der Waals surface area (Å²) in [5.74, 6) is 0.810. The summed E-state index contributed by atoms with van der Waals surface area (Å²) in [4.78, 5) is 20.9. The topological polar surface area (TPSA) is 80.0 Å². The van der Waals surface area contributed by atoms with Crippen LogP contribution in [0.15, 0.2) is 53.1 Å². The van der Waals surface area contributed by atoms with E-state index in [1.165, 1.54) is 0 Å². The molecule has 2 heterocycles. The average molecular weight is 322 g/mol. The van der Waals surface area contributed by atoms with E-state index < -0.39 is 0 Å². The van der Waals surface area contributed by atoms with E-state index in [9.17, 15) is 4.79 Å². The van der Waals surface area contributed by atoms with Gasteiger partial charge in [-0.1, -0.05) is 18.2 Å². The SMILES string of the molecule is Cc1cc(C(=O)NCc2ccco2)nc(Nc2ccccc2C)n1. The van der Waals surface area contributed by atoms with Gasteiger partial charge in [-0.15, -0.1) is 0 Å². The molecule has 0 saturated carbocycles. The number of carbonyl (C=O) groups excluding carboxylic acids is 1. The minimum atomic E-state index is -0.273. The lowest BCUT2D eigenvalue weighted by molar-refractivity contribution is 0.0943. The molecule has 0 spiro atoms. The molecular formula is C18H18N4O2. The predicted molar refractivity (Wildman–Crippen MR) is 91.1 cm³/mol. The number of carbonyl (C=O) groups is 1. The minimum absolute atomic E-state index is 0.273. The van der Waals surface area contributed by atoms with E-state index in [1.54, 1.807) is 24.5 Å². The van der Waals surface area contributed by atoms with Crippen molar-refractivity contribution in [2.45, 2.75) is 20.4 Å². The number of hydrogen-bond donors (Lipinski definition) is 2. The molecular weight excluding hydrogens is 304 g/mol. The summed E-state index contributed by atoms with van der Waals surface area (Å²) in [6, 6.07) is 13.1. The molecule has 0 aliphatic rings. The van der Waals surface area contributed by atoms with Crippen molar-refractivity contribution in [3.05, 3.63) is 71.4 Å². The summed E-state index contributed by atoms with van der Waals surface area (Å²) in [5, 5.41) is 5.94. The zero-order valence-corrected chi connectivity index (χ0v) is 13.5. The molecule has 0 radical (unpaired) electrons. The van der Waals surface area contributed by atoms with E-state index >= 15 is 0 Å². The third kappa shape index (κ3) is 3.78. The Morgan fingerprint density at radius 2 is 1.96 bits per heavy atom. The third-order valence-corrected chi connectivity index (χ3v) is 3.48. The first-order valence-corrected chi connectivity index (χ1v) is 7.61. The Labute approximate surface area is 140 Å². The van der Waals surface area contributed by atoms with Crippen molar-refractivity contribution in [2.75, 3.05) is 5.32 Å². The second-order valence-electron chi connectivity index (χ2n) is 5.42. The number of amides is 1. The van der Waals surface area contributed by atoms with Gasteiger partial charge in [-0.3, -0.25) is 4.79 Å². The monoisotopic (exact) mass is 322 g/mol. The number of nitrogens with zero attached hydrogens (tertiary/aromatic N) is 2. The third-order valence-electron chi connectivity index (χ3n) is 3.48. The smallest absolute Gasteiger partial charge is 0.270 e. The van der Waals surface area contributed by atoms with Gasteiger partial charge in [-0.2, -0.15) is 0 Å². The van der Waals surface area contributed by atoms with E-state index in [2.05, 4.69) is 20.6 Å². The van der Waals surface area contributed by atoms with Gasteiger partial charge in [0.1, 0.15) is 11.5 Å². The number of aromatic nitrogens is 2. The second-order valence-corrected chi connectivity index (χ2v) is 5.42. The molecule has 6 heteroatoms. The van der Waals surface area contributed by atoms with Crippen LogP contribution in [0.5, 0.6) is 0 Å². The molecule has 122 valence electrons. The van der Waals surface area contributed by atoms with Gasteiger partial charge in [0.2, 0.25) is 5.95 Å². The Morgan fingerprint density at radius 3 is 2.71 bits per heavy atom. The largest absolute Gasteiger partial charge is 0.467 e. The molecule has 0 fully saturated rings. The number of nitrogens with one attached hydrogen (secondary N) is 2. The van der Waals surface area contributed by atoms with Crippen LogP contribution in [0.2, 0.25) is 0 Å². The lowest BCUT2D eigenvalue weighted by atomic mass is 10.2. The molecule has 3 rings (SSSR count). The summed E-state index contributed by atoms with van der Waals surface area (Å²) in [6.45, 7) is 4.14. The van der Waals surface area contributed by atoms with Gasteiger partial charge < -0.3 is 15.1 Å². The van der Waals surface area contributed by atoms with Crippen LogP contribution in [0, 0.1) is 13.8 Å². The fraction of sp³-hybridized carbons (Fsp3) is 0.167. The summed E-state index contributed by atoms with van der Waals surface area (Å²) in [6.07, 6.45) is 1.57. The molecule has 0 saturated heterocycles. The quantitative estimate of drug-likeness (QED) is 0.753. The Balaban J connectivity index is 1.75. The van der Waals surface area contributed by atoms with Crippen molar-refractivity contribution in [3.63, 3.8) is 0 Å². The Kier molecular flexibility index (Phi) is 4.56. The highest BCUT2D eigenvalue weighted by Gasteiger charge is 2.11. The maximum atomic E-state index is 12.3. The van der Waals surface area contributed by atoms with Crippen LogP contribution < -0.4 is 10.6 Å². The fourth-order valence-electron chi connectivity index (χ4n) is 2.25. The summed E-state index contributed by atoms with van der Waals surface area (Å²) in [5.41, 5.74) is 3.01. The van der Waals surface area contributed by atoms with Crippen LogP contribution in [-0.4, -0.2) is 15.9 Å². The Morgan fingerprint density at radius 1 is 1.12 bits per heavy atom. The van der Waals surface area contributed by atoms with Crippen LogP contribution in [0.3, 0.4) is 0 Å².